The van der Waals surface area contributed by atoms with E-state index in [1.165, 1.54) is 0 Å². The molecule has 0 heterocycles. The zero-order chi connectivity index (χ0) is 9.19. The lowest BCUT2D eigenvalue weighted by Crippen LogP contribution is -2.09. The van der Waals surface area contributed by atoms with Crippen molar-refractivity contribution in [3.05, 3.63) is 35.9 Å². The molecule has 0 aliphatic heterocycles. The van der Waals surface area contributed by atoms with Gasteiger partial charge in [-0.1, -0.05) is 30.3 Å². The van der Waals surface area contributed by atoms with E-state index >= 15 is 0 Å². The van der Waals surface area contributed by atoms with Gasteiger partial charge in [0.25, 0.3) is 0 Å². The van der Waals surface area contributed by atoms with Crippen LogP contribution in [0.4, 0.5) is 0 Å². The van der Waals surface area contributed by atoms with Gasteiger partial charge in [-0.2, -0.15) is 0 Å². The van der Waals surface area contributed by atoms with Gasteiger partial charge in [0.15, 0.2) is 0 Å². The van der Waals surface area contributed by atoms with Crippen molar-refractivity contribution in [2.24, 2.45) is 5.73 Å². The summed E-state index contributed by atoms with van der Waals surface area (Å²) in [6, 6.07) is 9.55. The summed E-state index contributed by atoms with van der Waals surface area (Å²) in [5, 5.41) is 0. The summed E-state index contributed by atoms with van der Waals surface area (Å²) in [6.45, 7) is 3.43. The third kappa shape index (κ3) is 3.51. The maximum Gasteiger partial charge on any atom is 0.102 e. The number of halogens is 1. The van der Waals surface area contributed by atoms with E-state index in [1.807, 2.05) is 30.3 Å². The largest absolute Gasteiger partial charge is 0.322 e. The molecule has 2 nitrogen and oxygen atoms in total. The van der Waals surface area contributed by atoms with Crippen molar-refractivity contribution >= 4 is 19.5 Å². The molecule has 4 heteroatoms. The molecule has 1 aromatic rings. The Balaban J connectivity index is 0.00000144. The summed E-state index contributed by atoms with van der Waals surface area (Å²) in [5.74, 6) is -0.321. The third-order valence-corrected chi connectivity index (χ3v) is 3.45. The predicted molar refractivity (Wildman–Crippen MR) is 60.1 cm³/mol. The molecule has 0 spiro atoms. The summed E-state index contributed by atoms with van der Waals surface area (Å²) in [5.41, 5.74) is 6.76. The van der Waals surface area contributed by atoms with Gasteiger partial charge in [0.05, 0.1) is 5.78 Å². The maximum absolute atomic E-state index is 11.6. The van der Waals surface area contributed by atoms with E-state index in [2.05, 4.69) is 0 Å². The minimum atomic E-state index is -2.20. The van der Waals surface area contributed by atoms with Gasteiger partial charge in [-0.3, -0.25) is 0 Å². The lowest BCUT2D eigenvalue weighted by molar-refractivity contribution is 0.574. The molecule has 1 aromatic carbocycles. The first kappa shape index (κ1) is 12.7. The normalized spacial score (nSPS) is 13.2. The van der Waals surface area contributed by atoms with E-state index in [4.69, 9.17) is 5.73 Å². The molecule has 0 aromatic heterocycles. The minimum Gasteiger partial charge on any atom is -0.322 e. The SMILES string of the molecule is CP(C)(=O)C(N)c1ccccc1.Cl. The fourth-order valence-electron chi connectivity index (χ4n) is 1.01. The van der Waals surface area contributed by atoms with Crippen LogP contribution in [0.3, 0.4) is 0 Å². The molecule has 1 atom stereocenters. The van der Waals surface area contributed by atoms with Gasteiger partial charge >= 0.3 is 0 Å². The van der Waals surface area contributed by atoms with E-state index in [9.17, 15) is 4.57 Å². The average Bonchev–Trinajstić information content (AvgIpc) is 2.03. The topological polar surface area (TPSA) is 43.1 Å². The Labute approximate surface area is 85.3 Å². The number of hydrogen-bond donors (Lipinski definition) is 1. The molecule has 0 aliphatic carbocycles. The molecule has 0 saturated heterocycles. The van der Waals surface area contributed by atoms with Crippen LogP contribution in [0, 0.1) is 0 Å². The fraction of sp³-hybridized carbons (Fsp3) is 0.333. The second-order valence-electron chi connectivity index (χ2n) is 3.29. The number of benzene rings is 1. The van der Waals surface area contributed by atoms with Crippen LogP contribution in [0.5, 0.6) is 0 Å². The second kappa shape index (κ2) is 4.80. The van der Waals surface area contributed by atoms with Crippen molar-refractivity contribution in [1.82, 2.24) is 0 Å². The van der Waals surface area contributed by atoms with Gasteiger partial charge in [0, 0.05) is 0 Å². The van der Waals surface area contributed by atoms with Crippen molar-refractivity contribution in [2.45, 2.75) is 5.78 Å². The van der Waals surface area contributed by atoms with Crippen LogP contribution in [-0.2, 0) is 4.57 Å². The molecule has 2 N–H and O–H groups in total. The molecule has 1 unspecified atom stereocenters. The Bertz CT molecular complexity index is 296. The standard InChI is InChI=1S/C9H14NOP.ClH/c1-12(2,11)9(10)8-6-4-3-5-7-8;/h3-7,9H,10H2,1-2H3;1H. The van der Waals surface area contributed by atoms with Crippen LogP contribution in [0.25, 0.3) is 0 Å². The van der Waals surface area contributed by atoms with Crippen LogP contribution in [0.1, 0.15) is 11.3 Å². The summed E-state index contributed by atoms with van der Waals surface area (Å²) >= 11 is 0. The summed E-state index contributed by atoms with van der Waals surface area (Å²) < 4.78 is 11.6. The zero-order valence-corrected chi connectivity index (χ0v) is 9.52. The maximum atomic E-state index is 11.6. The molecule has 0 radical (unpaired) electrons. The molecule has 0 amide bonds. The van der Waals surface area contributed by atoms with Crippen molar-refractivity contribution < 1.29 is 4.57 Å². The summed E-state index contributed by atoms with van der Waals surface area (Å²) in [6.07, 6.45) is 0. The number of nitrogens with two attached hydrogens (primary N) is 1. The van der Waals surface area contributed by atoms with Gasteiger partial charge in [-0.15, -0.1) is 12.4 Å². The Morgan fingerprint density at radius 2 is 1.69 bits per heavy atom. The monoisotopic (exact) mass is 219 g/mol. The highest BCUT2D eigenvalue weighted by Crippen LogP contribution is 2.48. The molecule has 0 aliphatic rings. The summed E-state index contributed by atoms with van der Waals surface area (Å²) in [7, 11) is -2.20. The van der Waals surface area contributed by atoms with E-state index in [0.29, 0.717) is 0 Å². The van der Waals surface area contributed by atoms with Crippen LogP contribution in [0.15, 0.2) is 30.3 Å². The Hall–Kier alpha value is -0.300. The quantitative estimate of drug-likeness (QED) is 0.778. The fourth-order valence-corrected chi connectivity index (χ4v) is 1.90. The lowest BCUT2D eigenvalue weighted by Gasteiger charge is -2.16. The van der Waals surface area contributed by atoms with Crippen molar-refractivity contribution in [3.63, 3.8) is 0 Å². The molecular weight excluding hydrogens is 205 g/mol. The molecular formula is C9H15ClNOP. The van der Waals surface area contributed by atoms with Crippen molar-refractivity contribution in [1.29, 1.82) is 0 Å². The molecule has 0 saturated carbocycles. The second-order valence-corrected chi connectivity index (χ2v) is 6.71. The smallest absolute Gasteiger partial charge is 0.102 e. The van der Waals surface area contributed by atoms with Crippen molar-refractivity contribution in [3.8, 4) is 0 Å². The lowest BCUT2D eigenvalue weighted by atomic mass is 10.2. The van der Waals surface area contributed by atoms with Crippen LogP contribution < -0.4 is 5.73 Å². The van der Waals surface area contributed by atoms with Gasteiger partial charge in [-0.05, 0) is 18.9 Å². The Kier molecular flexibility index (Phi) is 4.69. The molecule has 0 bridgehead atoms. The molecule has 74 valence electrons. The zero-order valence-electron chi connectivity index (χ0n) is 7.81. The Morgan fingerprint density at radius 1 is 1.23 bits per heavy atom. The van der Waals surface area contributed by atoms with Crippen LogP contribution in [-0.4, -0.2) is 13.3 Å². The summed E-state index contributed by atoms with van der Waals surface area (Å²) in [4.78, 5) is 0. The minimum absolute atomic E-state index is 0. The highest BCUT2D eigenvalue weighted by molar-refractivity contribution is 7.62. The highest BCUT2D eigenvalue weighted by Gasteiger charge is 2.19. The van der Waals surface area contributed by atoms with Gasteiger partial charge in [0.1, 0.15) is 7.14 Å². The first-order valence-corrected chi connectivity index (χ1v) is 6.54. The molecule has 13 heavy (non-hydrogen) atoms. The molecule has 1 rings (SSSR count). The van der Waals surface area contributed by atoms with E-state index in [0.717, 1.165) is 5.56 Å². The average molecular weight is 220 g/mol. The third-order valence-electron chi connectivity index (χ3n) is 1.81. The van der Waals surface area contributed by atoms with Crippen LogP contribution in [0.2, 0.25) is 0 Å². The first-order chi connectivity index (χ1) is 5.52. The van der Waals surface area contributed by atoms with E-state index in [-0.39, 0.29) is 18.2 Å². The first-order valence-electron chi connectivity index (χ1n) is 3.87. The van der Waals surface area contributed by atoms with Gasteiger partial charge in [-0.25, -0.2) is 0 Å². The van der Waals surface area contributed by atoms with E-state index in [1.54, 1.807) is 13.3 Å². The van der Waals surface area contributed by atoms with Crippen molar-refractivity contribution in [2.75, 3.05) is 13.3 Å². The van der Waals surface area contributed by atoms with Crippen LogP contribution >= 0.6 is 19.5 Å². The highest BCUT2D eigenvalue weighted by atomic mass is 35.5. The van der Waals surface area contributed by atoms with E-state index < -0.39 is 7.14 Å². The number of rotatable bonds is 2. The van der Waals surface area contributed by atoms with Gasteiger partial charge < -0.3 is 10.3 Å². The number of hydrogen-bond acceptors (Lipinski definition) is 2. The molecule has 0 fully saturated rings. The Morgan fingerprint density at radius 3 is 2.08 bits per heavy atom. The van der Waals surface area contributed by atoms with Gasteiger partial charge in [0.2, 0.25) is 0 Å². The predicted octanol–water partition coefficient (Wildman–Crippen LogP) is 2.69.